The van der Waals surface area contributed by atoms with Gasteiger partial charge in [-0.1, -0.05) is 12.1 Å². The normalized spacial score (nSPS) is 10.4. The largest absolute Gasteiger partial charge is 0.457 e. The van der Waals surface area contributed by atoms with Gasteiger partial charge in [-0.3, -0.25) is 0 Å². The van der Waals surface area contributed by atoms with Gasteiger partial charge in [-0.15, -0.1) is 0 Å². The summed E-state index contributed by atoms with van der Waals surface area (Å²) >= 11 is 0. The predicted molar refractivity (Wildman–Crippen MR) is 70.4 cm³/mol. The molecule has 0 spiro atoms. The smallest absolute Gasteiger partial charge is 0.127 e. The van der Waals surface area contributed by atoms with E-state index in [1.54, 1.807) is 19.1 Å². The number of benzene rings is 2. The van der Waals surface area contributed by atoms with Crippen molar-refractivity contribution in [2.75, 3.05) is 6.54 Å². The zero-order valence-corrected chi connectivity index (χ0v) is 10.3. The topological polar surface area (TPSA) is 35.2 Å². The Morgan fingerprint density at radius 2 is 1.89 bits per heavy atom. The number of rotatable bonds is 4. The molecular formula is C15H16FNO. The van der Waals surface area contributed by atoms with Crippen molar-refractivity contribution in [2.45, 2.75) is 13.3 Å². The molecule has 0 aromatic heterocycles. The molecule has 0 bridgehead atoms. The maximum absolute atomic E-state index is 13.1. The summed E-state index contributed by atoms with van der Waals surface area (Å²) in [6.07, 6.45) is 0.819. The maximum Gasteiger partial charge on any atom is 0.127 e. The molecule has 0 fully saturated rings. The van der Waals surface area contributed by atoms with Crippen molar-refractivity contribution in [2.24, 2.45) is 5.73 Å². The first-order valence-electron chi connectivity index (χ1n) is 5.92. The summed E-state index contributed by atoms with van der Waals surface area (Å²) in [6, 6.07) is 12.5. The van der Waals surface area contributed by atoms with Crippen LogP contribution in [0.4, 0.5) is 4.39 Å². The molecule has 2 aromatic carbocycles. The fourth-order valence-electron chi connectivity index (χ4n) is 1.75. The summed E-state index contributed by atoms with van der Waals surface area (Å²) in [5.41, 5.74) is 7.23. The van der Waals surface area contributed by atoms with Crippen molar-refractivity contribution in [3.63, 3.8) is 0 Å². The molecule has 0 amide bonds. The highest BCUT2D eigenvalue weighted by atomic mass is 19.1. The average molecular weight is 245 g/mol. The molecule has 0 saturated heterocycles. The van der Waals surface area contributed by atoms with Crippen LogP contribution in [0.15, 0.2) is 42.5 Å². The third-order valence-electron chi connectivity index (χ3n) is 2.70. The van der Waals surface area contributed by atoms with Gasteiger partial charge >= 0.3 is 0 Å². The van der Waals surface area contributed by atoms with Gasteiger partial charge in [-0.25, -0.2) is 4.39 Å². The Morgan fingerprint density at radius 1 is 1.11 bits per heavy atom. The van der Waals surface area contributed by atoms with Crippen LogP contribution in [0.25, 0.3) is 0 Å². The minimum atomic E-state index is -0.223. The van der Waals surface area contributed by atoms with Gasteiger partial charge in [0.1, 0.15) is 17.3 Å². The van der Waals surface area contributed by atoms with E-state index in [0.29, 0.717) is 17.9 Å². The first kappa shape index (κ1) is 12.6. The number of aryl methyl sites for hydroxylation is 1. The van der Waals surface area contributed by atoms with Crippen LogP contribution >= 0.6 is 0 Å². The highest BCUT2D eigenvalue weighted by Crippen LogP contribution is 2.24. The molecule has 0 unspecified atom stereocenters. The van der Waals surface area contributed by atoms with E-state index < -0.39 is 0 Å². The fourth-order valence-corrected chi connectivity index (χ4v) is 1.75. The molecule has 2 nitrogen and oxygen atoms in total. The Bertz CT molecular complexity index is 540. The van der Waals surface area contributed by atoms with Gasteiger partial charge in [0.25, 0.3) is 0 Å². The van der Waals surface area contributed by atoms with Crippen LogP contribution in [0, 0.1) is 12.7 Å². The van der Waals surface area contributed by atoms with E-state index in [-0.39, 0.29) is 5.82 Å². The summed E-state index contributed by atoms with van der Waals surface area (Å²) in [4.78, 5) is 0. The lowest BCUT2D eigenvalue weighted by Crippen LogP contribution is -2.02. The van der Waals surface area contributed by atoms with Gasteiger partial charge in [-0.2, -0.15) is 0 Å². The minimum Gasteiger partial charge on any atom is -0.457 e. The number of ether oxygens (including phenoxy) is 1. The third-order valence-corrected chi connectivity index (χ3v) is 2.70. The molecule has 0 heterocycles. The van der Waals surface area contributed by atoms with E-state index in [1.807, 2.05) is 24.3 Å². The van der Waals surface area contributed by atoms with E-state index in [4.69, 9.17) is 10.5 Å². The summed E-state index contributed by atoms with van der Waals surface area (Å²) in [5.74, 6) is 1.16. The SMILES string of the molecule is Cc1cc(Oc2cccc(CCN)c2)ccc1F. The monoisotopic (exact) mass is 245 g/mol. The van der Waals surface area contributed by atoms with Gasteiger partial charge in [-0.05, 0) is 61.3 Å². The number of hydrogen-bond donors (Lipinski definition) is 1. The summed E-state index contributed by atoms with van der Waals surface area (Å²) in [7, 11) is 0. The van der Waals surface area contributed by atoms with E-state index in [2.05, 4.69) is 0 Å². The Balaban J connectivity index is 2.17. The van der Waals surface area contributed by atoms with Gasteiger partial charge < -0.3 is 10.5 Å². The van der Waals surface area contributed by atoms with E-state index in [0.717, 1.165) is 17.7 Å². The second-order valence-corrected chi connectivity index (χ2v) is 4.20. The van der Waals surface area contributed by atoms with Crippen molar-refractivity contribution in [1.82, 2.24) is 0 Å². The van der Waals surface area contributed by atoms with E-state index in [9.17, 15) is 4.39 Å². The summed E-state index contributed by atoms with van der Waals surface area (Å²) in [6.45, 7) is 2.33. The predicted octanol–water partition coefficient (Wildman–Crippen LogP) is 3.43. The second kappa shape index (κ2) is 5.65. The lowest BCUT2D eigenvalue weighted by Gasteiger charge is -2.08. The van der Waals surface area contributed by atoms with Crippen molar-refractivity contribution in [3.05, 3.63) is 59.4 Å². The first-order valence-corrected chi connectivity index (χ1v) is 5.92. The highest BCUT2D eigenvalue weighted by Gasteiger charge is 2.02. The lowest BCUT2D eigenvalue weighted by atomic mass is 10.1. The van der Waals surface area contributed by atoms with Crippen molar-refractivity contribution in [3.8, 4) is 11.5 Å². The number of hydrogen-bond acceptors (Lipinski definition) is 2. The average Bonchev–Trinajstić information content (AvgIpc) is 2.35. The van der Waals surface area contributed by atoms with Crippen LogP contribution in [0.5, 0.6) is 11.5 Å². The molecule has 0 atom stereocenters. The lowest BCUT2D eigenvalue weighted by molar-refractivity contribution is 0.479. The molecule has 2 aromatic rings. The van der Waals surface area contributed by atoms with Crippen LogP contribution in [-0.4, -0.2) is 6.54 Å². The van der Waals surface area contributed by atoms with Crippen LogP contribution in [0.1, 0.15) is 11.1 Å². The molecular weight excluding hydrogens is 229 g/mol. The molecule has 2 N–H and O–H groups in total. The quantitative estimate of drug-likeness (QED) is 0.895. The second-order valence-electron chi connectivity index (χ2n) is 4.20. The number of halogens is 1. The molecule has 0 aliphatic carbocycles. The van der Waals surface area contributed by atoms with Crippen molar-refractivity contribution < 1.29 is 9.13 Å². The van der Waals surface area contributed by atoms with Crippen LogP contribution in [0.2, 0.25) is 0 Å². The van der Waals surface area contributed by atoms with Crippen LogP contribution < -0.4 is 10.5 Å². The standard InChI is InChI=1S/C15H16FNO/c1-11-9-14(5-6-15(11)16)18-13-4-2-3-12(10-13)7-8-17/h2-6,9-10H,7-8,17H2,1H3. The zero-order valence-electron chi connectivity index (χ0n) is 10.3. The fraction of sp³-hybridized carbons (Fsp3) is 0.200. The summed E-state index contributed by atoms with van der Waals surface area (Å²) in [5, 5.41) is 0. The van der Waals surface area contributed by atoms with Gasteiger partial charge in [0.2, 0.25) is 0 Å². The molecule has 3 heteroatoms. The van der Waals surface area contributed by atoms with Crippen LogP contribution in [-0.2, 0) is 6.42 Å². The van der Waals surface area contributed by atoms with Gasteiger partial charge in [0.15, 0.2) is 0 Å². The van der Waals surface area contributed by atoms with E-state index in [1.165, 1.54) is 6.07 Å². The minimum absolute atomic E-state index is 0.223. The molecule has 0 radical (unpaired) electrons. The number of nitrogens with two attached hydrogens (primary N) is 1. The highest BCUT2D eigenvalue weighted by molar-refractivity contribution is 5.36. The third kappa shape index (κ3) is 3.08. The molecule has 18 heavy (non-hydrogen) atoms. The Kier molecular flexibility index (Phi) is 3.95. The van der Waals surface area contributed by atoms with Gasteiger partial charge in [0, 0.05) is 0 Å². The molecule has 0 saturated carbocycles. The van der Waals surface area contributed by atoms with Crippen molar-refractivity contribution in [1.29, 1.82) is 0 Å². The van der Waals surface area contributed by atoms with Gasteiger partial charge in [0.05, 0.1) is 0 Å². The Labute approximate surface area is 106 Å². The molecule has 0 aliphatic heterocycles. The first-order chi connectivity index (χ1) is 8.69. The van der Waals surface area contributed by atoms with Crippen molar-refractivity contribution >= 4 is 0 Å². The van der Waals surface area contributed by atoms with E-state index >= 15 is 0 Å². The maximum atomic E-state index is 13.1. The van der Waals surface area contributed by atoms with Crippen LogP contribution in [0.3, 0.4) is 0 Å². The molecule has 94 valence electrons. The molecule has 0 aliphatic rings. The zero-order chi connectivity index (χ0) is 13.0. The molecule has 2 rings (SSSR count). The Hall–Kier alpha value is -1.87. The summed E-state index contributed by atoms with van der Waals surface area (Å²) < 4.78 is 18.8. The Morgan fingerprint density at radius 3 is 2.61 bits per heavy atom.